The molecule has 0 aliphatic carbocycles. The molecule has 0 spiro atoms. The lowest BCUT2D eigenvalue weighted by Crippen LogP contribution is -2.49. The summed E-state index contributed by atoms with van der Waals surface area (Å²) in [4.78, 5) is 38.2. The Morgan fingerprint density at radius 1 is 1.13 bits per heavy atom. The van der Waals surface area contributed by atoms with Crippen molar-refractivity contribution in [2.45, 2.75) is 19.8 Å². The van der Waals surface area contributed by atoms with Gasteiger partial charge in [0, 0.05) is 70.6 Å². The second kappa shape index (κ2) is 11.3. The Morgan fingerprint density at radius 2 is 1.84 bits per heavy atom. The molecule has 1 aliphatic rings. The van der Waals surface area contributed by atoms with Gasteiger partial charge in [-0.3, -0.25) is 9.59 Å². The SMILES string of the molecule is CCC(=O)N1CCN(c2nc(NCCC(=O)N(C)C)nc3c(F)c(-c4c(O)cccc4F)c(Cl)cc23)CC1. The predicted molar refractivity (Wildman–Crippen MR) is 142 cm³/mol. The van der Waals surface area contributed by atoms with E-state index in [0.29, 0.717) is 43.8 Å². The zero-order valence-corrected chi connectivity index (χ0v) is 22.1. The summed E-state index contributed by atoms with van der Waals surface area (Å²) < 4.78 is 30.7. The molecule has 1 aliphatic heterocycles. The number of hydrogen-bond acceptors (Lipinski definition) is 7. The number of anilines is 2. The third kappa shape index (κ3) is 5.42. The Kier molecular flexibility index (Phi) is 8.15. The molecule has 3 aromatic rings. The van der Waals surface area contributed by atoms with Crippen molar-refractivity contribution in [3.8, 4) is 16.9 Å². The molecule has 0 bridgehead atoms. The van der Waals surface area contributed by atoms with Crippen LogP contribution in [0.3, 0.4) is 0 Å². The maximum Gasteiger partial charge on any atom is 0.225 e. The quantitative estimate of drug-likeness (QED) is 0.463. The van der Waals surface area contributed by atoms with Crippen molar-refractivity contribution in [3.63, 3.8) is 0 Å². The third-order valence-corrected chi connectivity index (χ3v) is 6.76. The fraction of sp³-hybridized carbons (Fsp3) is 0.385. The first-order valence-corrected chi connectivity index (χ1v) is 12.6. The summed E-state index contributed by atoms with van der Waals surface area (Å²) in [6, 6.07) is 5.11. The Morgan fingerprint density at radius 3 is 2.47 bits per heavy atom. The van der Waals surface area contributed by atoms with E-state index in [1.54, 1.807) is 25.9 Å². The largest absolute Gasteiger partial charge is 0.507 e. The monoisotopic (exact) mass is 546 g/mol. The molecule has 0 unspecified atom stereocenters. The smallest absolute Gasteiger partial charge is 0.225 e. The first-order valence-electron chi connectivity index (χ1n) is 12.3. The first-order chi connectivity index (χ1) is 18.1. The molecule has 0 radical (unpaired) electrons. The van der Waals surface area contributed by atoms with Crippen LogP contribution in [-0.2, 0) is 9.59 Å². The number of rotatable bonds is 7. The predicted octanol–water partition coefficient (Wildman–Crippen LogP) is 3.88. The minimum atomic E-state index is -0.913. The highest BCUT2D eigenvalue weighted by atomic mass is 35.5. The maximum atomic E-state index is 16.1. The zero-order valence-electron chi connectivity index (χ0n) is 21.4. The van der Waals surface area contributed by atoms with E-state index in [0.717, 1.165) is 6.07 Å². The van der Waals surface area contributed by atoms with Crippen molar-refractivity contribution in [3.05, 3.63) is 40.9 Å². The number of aromatic hydroxyl groups is 1. The Balaban J connectivity index is 1.80. The lowest BCUT2D eigenvalue weighted by Gasteiger charge is -2.36. The molecule has 0 atom stereocenters. The highest BCUT2D eigenvalue weighted by Crippen LogP contribution is 2.42. The standard InChI is InChI=1S/C26H29ClF2N6O3/c1-4-19(37)34-10-12-35(13-11-34)25-15-14-16(27)21(22-17(28)6-5-7-18(22)36)23(29)24(15)31-26(32-25)30-9-8-20(38)33(2)3/h5-7,14,36H,4,8-13H2,1-3H3,(H,30,31,32). The number of hydrogen-bond donors (Lipinski definition) is 2. The Bertz CT molecular complexity index is 1360. The number of benzene rings is 2. The van der Waals surface area contributed by atoms with E-state index in [1.807, 2.05) is 4.90 Å². The summed E-state index contributed by atoms with van der Waals surface area (Å²) in [5.74, 6) is -1.79. The summed E-state index contributed by atoms with van der Waals surface area (Å²) in [6.45, 7) is 3.85. The second-order valence-electron chi connectivity index (χ2n) is 9.13. The number of phenols is 1. The number of carbonyl (C=O) groups excluding carboxylic acids is 2. The molecule has 2 aromatic carbocycles. The molecule has 1 fully saturated rings. The molecule has 4 rings (SSSR count). The molecule has 12 heteroatoms. The van der Waals surface area contributed by atoms with Crippen molar-refractivity contribution in [1.29, 1.82) is 0 Å². The summed E-state index contributed by atoms with van der Waals surface area (Å²) in [7, 11) is 3.29. The van der Waals surface area contributed by atoms with E-state index in [4.69, 9.17) is 11.6 Å². The van der Waals surface area contributed by atoms with E-state index in [-0.39, 0.29) is 52.4 Å². The summed E-state index contributed by atoms with van der Waals surface area (Å²) in [5, 5.41) is 13.5. The fourth-order valence-corrected chi connectivity index (χ4v) is 4.67. The second-order valence-corrected chi connectivity index (χ2v) is 9.54. The van der Waals surface area contributed by atoms with Crippen LogP contribution in [0.5, 0.6) is 5.75 Å². The molecule has 2 heterocycles. The molecule has 38 heavy (non-hydrogen) atoms. The normalized spacial score (nSPS) is 13.6. The topological polar surface area (TPSA) is 102 Å². The molecule has 9 nitrogen and oxygen atoms in total. The zero-order chi connectivity index (χ0) is 27.6. The number of halogens is 3. The molecular formula is C26H29ClF2N6O3. The number of piperazine rings is 1. The maximum absolute atomic E-state index is 16.1. The minimum Gasteiger partial charge on any atom is -0.507 e. The van der Waals surface area contributed by atoms with Crippen LogP contribution >= 0.6 is 11.6 Å². The molecule has 0 saturated carbocycles. The van der Waals surface area contributed by atoms with Crippen LogP contribution in [0.15, 0.2) is 24.3 Å². The van der Waals surface area contributed by atoms with Gasteiger partial charge in [-0.15, -0.1) is 0 Å². The molecule has 2 N–H and O–H groups in total. The van der Waals surface area contributed by atoms with Gasteiger partial charge in [-0.05, 0) is 18.2 Å². The van der Waals surface area contributed by atoms with Crippen molar-refractivity contribution >= 4 is 46.1 Å². The lowest BCUT2D eigenvalue weighted by molar-refractivity contribution is -0.131. The molecular weight excluding hydrogens is 518 g/mol. The summed E-state index contributed by atoms with van der Waals surface area (Å²) in [5.41, 5.74) is -0.799. The molecule has 1 aromatic heterocycles. The van der Waals surface area contributed by atoms with E-state index in [9.17, 15) is 19.1 Å². The van der Waals surface area contributed by atoms with E-state index >= 15 is 4.39 Å². The minimum absolute atomic E-state index is 0.0496. The van der Waals surface area contributed by atoms with E-state index < -0.39 is 17.4 Å². The van der Waals surface area contributed by atoms with Gasteiger partial charge in [0.1, 0.15) is 22.9 Å². The fourth-order valence-electron chi connectivity index (χ4n) is 4.39. The number of amides is 2. The molecule has 2 amide bonds. The van der Waals surface area contributed by atoms with Crippen LogP contribution in [0.2, 0.25) is 5.02 Å². The van der Waals surface area contributed by atoms with Crippen LogP contribution in [0.25, 0.3) is 22.0 Å². The van der Waals surface area contributed by atoms with Gasteiger partial charge >= 0.3 is 0 Å². The van der Waals surface area contributed by atoms with E-state index in [2.05, 4.69) is 15.3 Å². The summed E-state index contributed by atoms with van der Waals surface area (Å²) in [6.07, 6.45) is 0.571. The third-order valence-electron chi connectivity index (χ3n) is 6.46. The Labute approximate surface area is 224 Å². The highest BCUT2D eigenvalue weighted by Gasteiger charge is 2.27. The van der Waals surface area contributed by atoms with Gasteiger partial charge in [0.05, 0.1) is 10.6 Å². The number of carbonyl (C=O) groups is 2. The molecule has 1 saturated heterocycles. The van der Waals surface area contributed by atoms with E-state index in [1.165, 1.54) is 23.1 Å². The van der Waals surface area contributed by atoms with Gasteiger partial charge in [0.2, 0.25) is 17.8 Å². The van der Waals surface area contributed by atoms with Gasteiger partial charge in [0.15, 0.2) is 5.82 Å². The van der Waals surface area contributed by atoms with Gasteiger partial charge < -0.3 is 25.1 Å². The van der Waals surface area contributed by atoms with Crippen LogP contribution in [0.4, 0.5) is 20.5 Å². The number of fused-ring (bicyclic) bond motifs is 1. The van der Waals surface area contributed by atoms with Crippen LogP contribution in [0, 0.1) is 11.6 Å². The van der Waals surface area contributed by atoms with Gasteiger partial charge in [-0.2, -0.15) is 4.98 Å². The van der Waals surface area contributed by atoms with Crippen molar-refractivity contribution in [2.75, 3.05) is 57.0 Å². The van der Waals surface area contributed by atoms with Crippen molar-refractivity contribution in [1.82, 2.24) is 19.8 Å². The number of nitrogens with zero attached hydrogens (tertiary/aromatic N) is 5. The average Bonchev–Trinajstić information content (AvgIpc) is 2.89. The van der Waals surface area contributed by atoms with Crippen LogP contribution in [0.1, 0.15) is 19.8 Å². The summed E-state index contributed by atoms with van der Waals surface area (Å²) >= 11 is 6.47. The van der Waals surface area contributed by atoms with Crippen LogP contribution in [-0.4, -0.2) is 83.5 Å². The number of phenolic OH excluding ortho intramolecular Hbond substituents is 1. The number of nitrogens with one attached hydrogen (secondary N) is 1. The van der Waals surface area contributed by atoms with Gasteiger partial charge in [0.25, 0.3) is 0 Å². The average molecular weight is 547 g/mol. The molecule has 202 valence electrons. The Hall–Kier alpha value is -3.73. The number of aromatic nitrogens is 2. The van der Waals surface area contributed by atoms with Gasteiger partial charge in [-0.25, -0.2) is 13.8 Å². The van der Waals surface area contributed by atoms with Gasteiger partial charge in [-0.1, -0.05) is 24.6 Å². The first kappa shape index (κ1) is 27.3. The van der Waals surface area contributed by atoms with Crippen LogP contribution < -0.4 is 10.2 Å². The highest BCUT2D eigenvalue weighted by molar-refractivity contribution is 6.34. The van der Waals surface area contributed by atoms with Crippen molar-refractivity contribution in [2.24, 2.45) is 0 Å². The lowest BCUT2D eigenvalue weighted by atomic mass is 10.0. The van der Waals surface area contributed by atoms with Crippen molar-refractivity contribution < 1.29 is 23.5 Å².